The fourth-order valence-corrected chi connectivity index (χ4v) is 4.78. The number of hydrogen-bond donors (Lipinski definition) is 0. The molecule has 0 saturated carbocycles. The molecule has 0 fully saturated rings. The molecule has 37 heavy (non-hydrogen) atoms. The monoisotopic (exact) mass is 597 g/mol. The van der Waals surface area contributed by atoms with Crippen molar-refractivity contribution in [2.24, 2.45) is 5.92 Å². The van der Waals surface area contributed by atoms with Gasteiger partial charge in [0.1, 0.15) is 17.5 Å². The van der Waals surface area contributed by atoms with Crippen molar-refractivity contribution in [3.05, 3.63) is 77.9 Å². The van der Waals surface area contributed by atoms with Gasteiger partial charge in [0.2, 0.25) is 5.12 Å². The molecular weight excluding hydrogens is 578 g/mol. The normalized spacial score (nSPS) is 18.6. The number of carbonyl (C=O) groups is 2. The zero-order valence-corrected chi connectivity index (χ0v) is 22.0. The van der Waals surface area contributed by atoms with Crippen molar-refractivity contribution >= 4 is 55.8 Å². The zero-order valence-electron chi connectivity index (χ0n) is 19.6. The molecule has 1 aliphatic rings. The van der Waals surface area contributed by atoms with Gasteiger partial charge < -0.3 is 9.47 Å². The van der Waals surface area contributed by atoms with E-state index in [1.807, 2.05) is 0 Å². The van der Waals surface area contributed by atoms with E-state index in [2.05, 4.69) is 15.9 Å². The minimum Gasteiger partial charge on any atom is -0.486 e. The van der Waals surface area contributed by atoms with Crippen molar-refractivity contribution in [2.75, 3.05) is 5.75 Å². The van der Waals surface area contributed by atoms with Gasteiger partial charge in [-0.1, -0.05) is 34.6 Å². The third kappa shape index (κ3) is 6.22. The number of non-ortho nitro benzene ring substituents is 3. The summed E-state index contributed by atoms with van der Waals surface area (Å²) in [4.78, 5) is 56.1. The molecular formula is C22H20BrN3O10S. The van der Waals surface area contributed by atoms with E-state index < -0.39 is 59.7 Å². The Labute approximate surface area is 222 Å². The summed E-state index contributed by atoms with van der Waals surface area (Å²) in [6.07, 6.45) is -0.936. The molecule has 0 amide bonds. The van der Waals surface area contributed by atoms with Crippen molar-refractivity contribution in [1.29, 1.82) is 0 Å². The second-order valence-corrected chi connectivity index (χ2v) is 10.7. The van der Waals surface area contributed by atoms with E-state index >= 15 is 0 Å². The molecule has 3 atom stereocenters. The molecule has 0 N–H and O–H groups in total. The lowest BCUT2D eigenvalue weighted by molar-refractivity contribution is -0.394. The van der Waals surface area contributed by atoms with E-state index in [1.54, 1.807) is 13.8 Å². The van der Waals surface area contributed by atoms with Crippen LogP contribution in [0.4, 0.5) is 17.1 Å². The zero-order chi connectivity index (χ0) is 27.7. The summed E-state index contributed by atoms with van der Waals surface area (Å²) in [7, 11) is 0. The molecule has 1 aliphatic heterocycles. The second kappa shape index (κ2) is 10.8. The van der Waals surface area contributed by atoms with Crippen LogP contribution in [0.1, 0.15) is 42.8 Å². The van der Waals surface area contributed by atoms with Crippen LogP contribution in [0.15, 0.2) is 36.4 Å². The lowest BCUT2D eigenvalue weighted by Crippen LogP contribution is -2.46. The summed E-state index contributed by atoms with van der Waals surface area (Å²) in [6, 6.07) is 6.59. The molecule has 196 valence electrons. The summed E-state index contributed by atoms with van der Waals surface area (Å²) in [6.45, 7) is 5.02. The number of carbonyl (C=O) groups excluding carboxylic acids is 2. The molecule has 3 rings (SSSR count). The van der Waals surface area contributed by atoms with Crippen LogP contribution in [-0.4, -0.2) is 42.0 Å². The van der Waals surface area contributed by atoms with Gasteiger partial charge in [0, 0.05) is 41.1 Å². The Balaban J connectivity index is 1.75. The lowest BCUT2D eigenvalue weighted by atomic mass is 9.91. The van der Waals surface area contributed by atoms with Crippen LogP contribution in [0.2, 0.25) is 0 Å². The Hall–Kier alpha value is -3.59. The molecule has 1 heterocycles. The van der Waals surface area contributed by atoms with E-state index in [0.29, 0.717) is 23.1 Å². The Kier molecular flexibility index (Phi) is 8.17. The van der Waals surface area contributed by atoms with E-state index in [9.17, 15) is 39.9 Å². The van der Waals surface area contributed by atoms with Crippen LogP contribution in [-0.2, 0) is 9.53 Å². The first-order chi connectivity index (χ1) is 17.2. The van der Waals surface area contributed by atoms with Crippen LogP contribution in [0.5, 0.6) is 5.75 Å². The molecule has 2 aromatic rings. The van der Waals surface area contributed by atoms with Gasteiger partial charge >= 0.3 is 5.97 Å². The van der Waals surface area contributed by atoms with Crippen LogP contribution in [0.25, 0.3) is 0 Å². The van der Waals surface area contributed by atoms with Crippen LogP contribution < -0.4 is 4.74 Å². The van der Waals surface area contributed by atoms with E-state index in [-0.39, 0.29) is 17.0 Å². The molecule has 2 aromatic carbocycles. The Morgan fingerprint density at radius 2 is 1.59 bits per heavy atom. The highest BCUT2D eigenvalue weighted by Gasteiger charge is 2.45. The Bertz CT molecular complexity index is 1270. The number of nitro groups is 3. The average Bonchev–Trinajstić information content (AvgIpc) is 2.83. The third-order valence-corrected chi connectivity index (χ3v) is 8.23. The van der Waals surface area contributed by atoms with Crippen molar-refractivity contribution in [3.63, 3.8) is 0 Å². The first-order valence-electron chi connectivity index (χ1n) is 10.6. The highest BCUT2D eigenvalue weighted by Crippen LogP contribution is 2.46. The van der Waals surface area contributed by atoms with Gasteiger partial charge in [-0.2, -0.15) is 0 Å². The fourth-order valence-electron chi connectivity index (χ4n) is 3.47. The topological polar surface area (TPSA) is 182 Å². The van der Waals surface area contributed by atoms with Gasteiger partial charge in [-0.15, -0.1) is 0 Å². The maximum absolute atomic E-state index is 12.9. The number of esters is 1. The van der Waals surface area contributed by atoms with Gasteiger partial charge in [-0.25, -0.2) is 0 Å². The molecule has 0 bridgehead atoms. The van der Waals surface area contributed by atoms with Crippen LogP contribution in [0.3, 0.4) is 0 Å². The van der Waals surface area contributed by atoms with Crippen LogP contribution >= 0.6 is 27.7 Å². The number of alkyl halides is 1. The van der Waals surface area contributed by atoms with Crippen LogP contribution in [0, 0.1) is 36.3 Å². The lowest BCUT2D eigenvalue weighted by Gasteiger charge is -2.41. The van der Waals surface area contributed by atoms with Gasteiger partial charge in [0.25, 0.3) is 17.1 Å². The number of nitro benzene ring substituents is 3. The first kappa shape index (κ1) is 28.0. The van der Waals surface area contributed by atoms with Gasteiger partial charge in [-0.05, 0) is 19.9 Å². The van der Waals surface area contributed by atoms with Crippen molar-refractivity contribution in [3.8, 4) is 5.75 Å². The largest absolute Gasteiger partial charge is 0.486 e. The summed E-state index contributed by atoms with van der Waals surface area (Å²) in [5, 5.41) is 32.7. The highest BCUT2D eigenvalue weighted by atomic mass is 79.9. The maximum Gasteiger partial charge on any atom is 0.310 e. The summed E-state index contributed by atoms with van der Waals surface area (Å²) in [5.74, 6) is -1.30. The number of benzene rings is 2. The summed E-state index contributed by atoms with van der Waals surface area (Å²) >= 11 is 4.12. The Morgan fingerprint density at radius 3 is 2.14 bits per heavy atom. The van der Waals surface area contributed by atoms with Gasteiger partial charge in [-0.3, -0.25) is 39.9 Å². The van der Waals surface area contributed by atoms with E-state index in [4.69, 9.17) is 9.47 Å². The Morgan fingerprint density at radius 1 is 1.03 bits per heavy atom. The van der Waals surface area contributed by atoms with Gasteiger partial charge in [0.15, 0.2) is 0 Å². The molecule has 13 nitrogen and oxygen atoms in total. The van der Waals surface area contributed by atoms with Gasteiger partial charge in [0.05, 0.1) is 31.6 Å². The maximum atomic E-state index is 12.9. The molecule has 0 saturated heterocycles. The second-order valence-electron chi connectivity index (χ2n) is 8.70. The minimum atomic E-state index is -0.936. The SMILES string of the molecule is CC(CSC(=O)c1cc([N+](=O)[O-])cc([N+](=O)[O-])c1)C(=O)O[C@H]1c2cc([N+](=O)[O-])ccc2OC(C)(C)[C@@H]1Br. The smallest absolute Gasteiger partial charge is 0.310 e. The molecule has 0 radical (unpaired) electrons. The number of thioether (sulfide) groups is 1. The van der Waals surface area contributed by atoms with E-state index in [1.165, 1.54) is 25.1 Å². The molecule has 0 aromatic heterocycles. The summed E-state index contributed by atoms with van der Waals surface area (Å²) < 4.78 is 11.6. The third-order valence-electron chi connectivity index (χ3n) is 5.48. The average molecular weight is 598 g/mol. The van der Waals surface area contributed by atoms with Crippen molar-refractivity contribution < 1.29 is 33.8 Å². The number of halogens is 1. The molecule has 15 heteroatoms. The van der Waals surface area contributed by atoms with Crippen molar-refractivity contribution in [2.45, 2.75) is 37.3 Å². The minimum absolute atomic E-state index is 0.0878. The fraction of sp³-hybridized carbons (Fsp3) is 0.364. The molecule has 0 spiro atoms. The number of rotatable bonds is 8. The molecule has 0 aliphatic carbocycles. The summed E-state index contributed by atoms with van der Waals surface area (Å²) in [5.41, 5.74) is -2.20. The number of nitrogens with zero attached hydrogens (tertiary/aromatic N) is 3. The molecule has 1 unspecified atom stereocenters. The van der Waals surface area contributed by atoms with E-state index in [0.717, 1.165) is 18.2 Å². The quantitative estimate of drug-likeness (QED) is 0.170. The predicted octanol–water partition coefficient (Wildman–Crippen LogP) is 5.14. The predicted molar refractivity (Wildman–Crippen MR) is 135 cm³/mol. The number of hydrogen-bond acceptors (Lipinski definition) is 11. The number of fused-ring (bicyclic) bond motifs is 1. The van der Waals surface area contributed by atoms with Crippen molar-refractivity contribution in [1.82, 2.24) is 0 Å². The highest BCUT2D eigenvalue weighted by molar-refractivity contribution is 9.09. The number of ether oxygens (including phenoxy) is 2. The standard InChI is InChI=1S/C22H20BrN3O10S/c1-11(10-37-21(28)12-6-14(25(31)32)8-15(7-12)26(33)34)20(27)35-18-16-9-13(24(29)30)4-5-17(16)36-22(2,3)19(18)23/h4-9,11,18-19H,10H2,1-3H3/t11?,18-,19+/m0/s1. The first-order valence-corrected chi connectivity index (χ1v) is 12.5.